The van der Waals surface area contributed by atoms with E-state index < -0.39 is 5.60 Å². The van der Waals surface area contributed by atoms with Gasteiger partial charge in [0.2, 0.25) is 5.91 Å². The maximum absolute atomic E-state index is 12.0. The summed E-state index contributed by atoms with van der Waals surface area (Å²) in [7, 11) is 0. The van der Waals surface area contributed by atoms with Crippen LogP contribution in [0.3, 0.4) is 0 Å². The molecule has 0 radical (unpaired) electrons. The number of carbonyl (C=O) groups is 1. The molecule has 0 spiro atoms. The quantitative estimate of drug-likeness (QED) is 0.848. The van der Waals surface area contributed by atoms with Gasteiger partial charge in [-0.3, -0.25) is 9.59 Å². The smallest absolute Gasteiger partial charge is 0.307 e. The molecule has 1 unspecified atom stereocenters. The number of aryl methyl sites for hydroxylation is 1. The van der Waals surface area contributed by atoms with Crippen molar-refractivity contribution in [3.63, 3.8) is 0 Å². The minimum atomic E-state index is -1.12. The number of thiazole rings is 1. The third-order valence-corrected chi connectivity index (χ3v) is 4.96. The summed E-state index contributed by atoms with van der Waals surface area (Å²) in [5.74, 6) is -0.184. The zero-order chi connectivity index (χ0) is 17.0. The number of carbonyl (C=O) groups excluding carboxylic acids is 1. The van der Waals surface area contributed by atoms with Gasteiger partial charge in [0, 0.05) is 23.5 Å². The molecule has 2 rings (SSSR count). The lowest BCUT2D eigenvalue weighted by Crippen LogP contribution is -2.39. The van der Waals surface area contributed by atoms with E-state index in [1.165, 1.54) is 11.3 Å². The Labute approximate surface area is 139 Å². The molecule has 0 saturated carbocycles. The first kappa shape index (κ1) is 17.4. The van der Waals surface area contributed by atoms with E-state index in [4.69, 9.17) is 0 Å². The molecule has 124 valence electrons. The lowest BCUT2D eigenvalue weighted by Gasteiger charge is -2.24. The molecule has 6 heteroatoms. The van der Waals surface area contributed by atoms with Crippen LogP contribution in [0.5, 0.6) is 0 Å². The van der Waals surface area contributed by atoms with Crippen LogP contribution in [0.15, 0.2) is 35.1 Å². The van der Waals surface area contributed by atoms with Crippen molar-refractivity contribution in [2.75, 3.05) is 6.54 Å². The van der Waals surface area contributed by atoms with Crippen molar-refractivity contribution in [2.45, 2.75) is 39.3 Å². The van der Waals surface area contributed by atoms with E-state index in [2.05, 4.69) is 5.32 Å². The van der Waals surface area contributed by atoms with Gasteiger partial charge < -0.3 is 15.0 Å². The summed E-state index contributed by atoms with van der Waals surface area (Å²) in [6, 6.07) is 9.22. The van der Waals surface area contributed by atoms with Crippen molar-refractivity contribution >= 4 is 17.2 Å². The van der Waals surface area contributed by atoms with Gasteiger partial charge in [0.15, 0.2) is 0 Å². The van der Waals surface area contributed by atoms with Crippen LogP contribution < -0.4 is 10.2 Å². The van der Waals surface area contributed by atoms with E-state index >= 15 is 0 Å². The molecule has 0 bridgehead atoms. The van der Waals surface area contributed by atoms with Crippen molar-refractivity contribution in [1.29, 1.82) is 0 Å². The van der Waals surface area contributed by atoms with Crippen LogP contribution in [0, 0.1) is 13.8 Å². The third kappa shape index (κ3) is 4.30. The first-order valence-corrected chi connectivity index (χ1v) is 8.34. The molecule has 1 heterocycles. The molecule has 0 aliphatic carbocycles. The number of hydrogen-bond donors (Lipinski definition) is 2. The number of rotatable bonds is 6. The van der Waals surface area contributed by atoms with Crippen LogP contribution in [0.25, 0.3) is 0 Å². The molecule has 1 aromatic carbocycles. The molecular formula is C17H22N2O3S. The van der Waals surface area contributed by atoms with Crippen LogP contribution in [0.4, 0.5) is 0 Å². The van der Waals surface area contributed by atoms with E-state index in [0.717, 1.165) is 16.1 Å². The summed E-state index contributed by atoms with van der Waals surface area (Å²) in [4.78, 5) is 24.7. The largest absolute Gasteiger partial charge is 0.384 e. The lowest BCUT2D eigenvalue weighted by molar-refractivity contribution is -0.122. The molecule has 1 aromatic heterocycles. The van der Waals surface area contributed by atoms with Gasteiger partial charge in [-0.2, -0.15) is 0 Å². The molecule has 5 nitrogen and oxygen atoms in total. The number of nitrogens with one attached hydrogen (secondary N) is 1. The van der Waals surface area contributed by atoms with Crippen LogP contribution >= 0.6 is 11.3 Å². The average molecular weight is 334 g/mol. The Hall–Kier alpha value is -1.92. The summed E-state index contributed by atoms with van der Waals surface area (Å²) in [6.45, 7) is 5.93. The molecule has 2 aromatic rings. The second-order valence-corrected chi connectivity index (χ2v) is 6.99. The predicted molar refractivity (Wildman–Crippen MR) is 91.7 cm³/mol. The van der Waals surface area contributed by atoms with E-state index in [1.54, 1.807) is 11.5 Å². The van der Waals surface area contributed by atoms with Crippen molar-refractivity contribution in [2.24, 2.45) is 0 Å². The summed E-state index contributed by atoms with van der Waals surface area (Å²) in [6.07, 6.45) is 0.210. The number of aliphatic hydroxyl groups is 1. The van der Waals surface area contributed by atoms with Gasteiger partial charge in [0.1, 0.15) is 5.60 Å². The molecule has 1 atom stereocenters. The van der Waals surface area contributed by atoms with E-state index in [9.17, 15) is 14.7 Å². The Balaban J connectivity index is 1.89. The summed E-state index contributed by atoms with van der Waals surface area (Å²) in [5.41, 5.74) is 0.535. The van der Waals surface area contributed by atoms with Crippen molar-refractivity contribution < 1.29 is 9.90 Å². The molecule has 1 amide bonds. The monoisotopic (exact) mass is 334 g/mol. The van der Waals surface area contributed by atoms with Gasteiger partial charge in [-0.15, -0.1) is 0 Å². The number of aromatic nitrogens is 1. The topological polar surface area (TPSA) is 71.3 Å². The highest BCUT2D eigenvalue weighted by Crippen LogP contribution is 2.19. The highest BCUT2D eigenvalue weighted by molar-refractivity contribution is 7.09. The van der Waals surface area contributed by atoms with Gasteiger partial charge in [-0.05, 0) is 26.3 Å². The van der Waals surface area contributed by atoms with Crippen molar-refractivity contribution in [3.8, 4) is 0 Å². The first-order chi connectivity index (χ1) is 10.8. The highest BCUT2D eigenvalue weighted by Gasteiger charge is 2.23. The van der Waals surface area contributed by atoms with Gasteiger partial charge in [-0.1, -0.05) is 41.7 Å². The SMILES string of the molecule is Cc1sc(=O)n(CCC(=O)NCC(C)(O)c2ccccc2)c1C. The molecule has 23 heavy (non-hydrogen) atoms. The second kappa shape index (κ2) is 7.10. The van der Waals surface area contributed by atoms with Crippen LogP contribution in [-0.2, 0) is 16.9 Å². The number of amides is 1. The Morgan fingerprint density at radius 3 is 2.52 bits per heavy atom. The molecule has 0 aliphatic rings. The average Bonchev–Trinajstić information content (AvgIpc) is 2.77. The standard InChI is InChI=1S/C17H22N2O3S/c1-12-13(2)23-16(21)19(12)10-9-15(20)18-11-17(3,22)14-7-5-4-6-8-14/h4-8,22H,9-11H2,1-3H3,(H,18,20). The van der Waals surface area contributed by atoms with E-state index in [-0.39, 0.29) is 23.7 Å². The van der Waals surface area contributed by atoms with E-state index in [0.29, 0.717) is 6.54 Å². The summed E-state index contributed by atoms with van der Waals surface area (Å²) < 4.78 is 1.62. The van der Waals surface area contributed by atoms with Crippen LogP contribution in [0.1, 0.15) is 29.5 Å². The first-order valence-electron chi connectivity index (χ1n) is 7.52. The zero-order valence-corrected chi connectivity index (χ0v) is 14.4. The van der Waals surface area contributed by atoms with Gasteiger partial charge in [-0.25, -0.2) is 0 Å². The fourth-order valence-electron chi connectivity index (χ4n) is 2.32. The Bertz CT molecular complexity index is 732. The van der Waals surface area contributed by atoms with Gasteiger partial charge in [0.25, 0.3) is 0 Å². The minimum absolute atomic E-state index is 0.0379. The minimum Gasteiger partial charge on any atom is -0.384 e. The second-order valence-electron chi connectivity index (χ2n) is 5.83. The Kier molecular flexibility index (Phi) is 5.38. The molecule has 2 N–H and O–H groups in total. The van der Waals surface area contributed by atoms with Crippen LogP contribution in [-0.4, -0.2) is 22.1 Å². The maximum Gasteiger partial charge on any atom is 0.307 e. The summed E-state index contributed by atoms with van der Waals surface area (Å²) in [5, 5.41) is 13.2. The fourth-order valence-corrected chi connectivity index (χ4v) is 3.18. The van der Waals surface area contributed by atoms with Crippen LogP contribution in [0.2, 0.25) is 0 Å². The van der Waals surface area contributed by atoms with E-state index in [1.807, 2.05) is 44.2 Å². The number of benzene rings is 1. The fraction of sp³-hybridized carbons (Fsp3) is 0.412. The molecule has 0 fully saturated rings. The van der Waals surface area contributed by atoms with Crippen molar-refractivity contribution in [1.82, 2.24) is 9.88 Å². The lowest BCUT2D eigenvalue weighted by atomic mass is 9.96. The highest BCUT2D eigenvalue weighted by atomic mass is 32.1. The van der Waals surface area contributed by atoms with Gasteiger partial charge >= 0.3 is 4.87 Å². The zero-order valence-electron chi connectivity index (χ0n) is 13.6. The molecule has 0 saturated heterocycles. The molecular weight excluding hydrogens is 312 g/mol. The predicted octanol–water partition coefficient (Wildman–Crippen LogP) is 1.94. The Morgan fingerprint density at radius 1 is 1.30 bits per heavy atom. The Morgan fingerprint density at radius 2 is 1.96 bits per heavy atom. The van der Waals surface area contributed by atoms with Gasteiger partial charge in [0.05, 0.1) is 6.54 Å². The normalized spacial score (nSPS) is 13.6. The molecule has 0 aliphatic heterocycles. The summed E-state index contributed by atoms with van der Waals surface area (Å²) >= 11 is 1.20. The maximum atomic E-state index is 12.0. The van der Waals surface area contributed by atoms with Crippen molar-refractivity contribution in [3.05, 3.63) is 56.1 Å². The number of nitrogens with zero attached hydrogens (tertiary/aromatic N) is 1. The third-order valence-electron chi connectivity index (χ3n) is 3.96. The number of hydrogen-bond acceptors (Lipinski definition) is 4.